The van der Waals surface area contributed by atoms with Crippen LogP contribution in [0.25, 0.3) is 155 Å². The Morgan fingerprint density at radius 3 is 1.64 bits per heavy atom. The first-order valence-electron chi connectivity index (χ1n) is 26.1. The van der Waals surface area contributed by atoms with Crippen molar-refractivity contribution in [1.82, 2.24) is 24.1 Å². The van der Waals surface area contributed by atoms with Gasteiger partial charge < -0.3 is 13.6 Å². The molecule has 12 aromatic carbocycles. The van der Waals surface area contributed by atoms with Crippen molar-refractivity contribution in [3.8, 4) is 67.8 Å². The number of furan rings is 1. The zero-order valence-corrected chi connectivity index (χ0v) is 41.5. The molecule has 0 aliphatic heterocycles. The van der Waals surface area contributed by atoms with Crippen molar-refractivity contribution < 1.29 is 4.42 Å². The molecule has 0 aliphatic carbocycles. The molecule has 0 N–H and O–H groups in total. The number of para-hydroxylation sites is 2. The lowest BCUT2D eigenvalue weighted by molar-refractivity contribution is 0.668. The van der Waals surface area contributed by atoms with Gasteiger partial charge in [0.2, 0.25) is 0 Å². The second kappa shape index (κ2) is 17.1. The normalized spacial score (nSPS) is 11.9. The molecular formula is C71H43N5O. The number of hydrogen-bond donors (Lipinski definition) is 0. The minimum Gasteiger partial charge on any atom is -0.456 e. The Balaban J connectivity index is 0.963. The van der Waals surface area contributed by atoms with Crippen molar-refractivity contribution in [3.63, 3.8) is 0 Å². The summed E-state index contributed by atoms with van der Waals surface area (Å²) >= 11 is 0. The number of rotatable bonds is 7. The summed E-state index contributed by atoms with van der Waals surface area (Å²) in [7, 11) is 0. The summed E-state index contributed by atoms with van der Waals surface area (Å²) in [6.45, 7) is 0. The molecule has 0 aliphatic rings. The second-order valence-electron chi connectivity index (χ2n) is 19.9. The van der Waals surface area contributed by atoms with E-state index < -0.39 is 0 Å². The van der Waals surface area contributed by atoms with Gasteiger partial charge in [0.15, 0.2) is 17.5 Å². The molecule has 0 atom stereocenters. The summed E-state index contributed by atoms with van der Waals surface area (Å²) in [4.78, 5) is 16.3. The van der Waals surface area contributed by atoms with Crippen LogP contribution in [0, 0.1) is 0 Å². The molecule has 4 heterocycles. The van der Waals surface area contributed by atoms with Crippen LogP contribution in [-0.2, 0) is 0 Å². The molecule has 6 heteroatoms. The standard InChI is InChI=1S/C71H43N5O/c1-4-18-44(19-5-1)45-34-36-48(37-35-45)69-72-70(55-29-16-32-61-66(55)54-28-14-15-31-60(54)75(61)51-25-8-3-9-26-51)74-71(73-69)56-30-17-33-64-67(56)59-42-57(46-20-6-2-7-21-46)63(43-65(59)77-64)76-62-41-50-24-11-10-23-49(50)40-58(62)53-39-38-47-22-12-13-27-52(47)68(53)76/h1-43H. The highest BCUT2D eigenvalue weighted by Gasteiger charge is 2.25. The van der Waals surface area contributed by atoms with Crippen molar-refractivity contribution in [2.24, 2.45) is 0 Å². The van der Waals surface area contributed by atoms with E-state index in [1.807, 2.05) is 6.07 Å². The minimum atomic E-state index is 0.556. The number of benzene rings is 12. The lowest BCUT2D eigenvalue weighted by Gasteiger charge is -2.16. The van der Waals surface area contributed by atoms with Crippen LogP contribution in [-0.4, -0.2) is 24.1 Å². The van der Waals surface area contributed by atoms with E-state index in [0.717, 1.165) is 105 Å². The fourth-order valence-corrected chi connectivity index (χ4v) is 12.0. The third kappa shape index (κ3) is 6.79. The van der Waals surface area contributed by atoms with E-state index in [-0.39, 0.29) is 0 Å². The zero-order chi connectivity index (χ0) is 50.6. The molecule has 16 aromatic rings. The van der Waals surface area contributed by atoms with Crippen LogP contribution >= 0.6 is 0 Å². The van der Waals surface area contributed by atoms with E-state index >= 15 is 0 Å². The van der Waals surface area contributed by atoms with Gasteiger partial charge in [0.1, 0.15) is 11.2 Å². The number of fused-ring (bicyclic) bond motifs is 12. The van der Waals surface area contributed by atoms with Crippen LogP contribution in [0.4, 0.5) is 0 Å². The summed E-state index contributed by atoms with van der Waals surface area (Å²) in [6.07, 6.45) is 0. The van der Waals surface area contributed by atoms with Gasteiger partial charge in [0, 0.05) is 71.7 Å². The Labute approximate surface area is 442 Å². The SMILES string of the molecule is c1ccc(-c2ccc(-c3nc(-c4cccc5oc6cc(-n7c8cc9ccccc9cc8c8ccc9ccccc9c87)c(-c7ccccc7)cc6c45)nc(-c4cccc5c4c4ccccc4n5-c4ccccc4)n3)cc2)cc1. The van der Waals surface area contributed by atoms with E-state index in [2.05, 4.69) is 264 Å². The van der Waals surface area contributed by atoms with Crippen molar-refractivity contribution in [2.45, 2.75) is 0 Å². The van der Waals surface area contributed by atoms with Gasteiger partial charge in [-0.15, -0.1) is 0 Å². The molecule has 0 saturated heterocycles. The largest absolute Gasteiger partial charge is 0.456 e. The topological polar surface area (TPSA) is 61.7 Å². The van der Waals surface area contributed by atoms with E-state index in [4.69, 9.17) is 19.4 Å². The number of hydrogen-bond acceptors (Lipinski definition) is 4. The lowest BCUT2D eigenvalue weighted by atomic mass is 9.98. The molecule has 6 nitrogen and oxygen atoms in total. The third-order valence-electron chi connectivity index (χ3n) is 15.5. The van der Waals surface area contributed by atoms with E-state index in [1.54, 1.807) is 0 Å². The zero-order valence-electron chi connectivity index (χ0n) is 41.5. The third-order valence-corrected chi connectivity index (χ3v) is 15.5. The Hall–Kier alpha value is -10.4. The van der Waals surface area contributed by atoms with Gasteiger partial charge in [-0.1, -0.05) is 206 Å². The lowest BCUT2D eigenvalue weighted by Crippen LogP contribution is -2.01. The van der Waals surface area contributed by atoms with E-state index in [0.29, 0.717) is 17.5 Å². The Morgan fingerprint density at radius 1 is 0.286 bits per heavy atom. The van der Waals surface area contributed by atoms with Gasteiger partial charge in [-0.05, 0) is 81.4 Å². The highest BCUT2D eigenvalue weighted by Crippen LogP contribution is 2.46. The van der Waals surface area contributed by atoms with Crippen LogP contribution < -0.4 is 0 Å². The molecule has 4 aromatic heterocycles. The quantitative estimate of drug-likeness (QED) is 0.160. The molecular weight excluding hydrogens is 939 g/mol. The second-order valence-corrected chi connectivity index (χ2v) is 19.9. The summed E-state index contributed by atoms with van der Waals surface area (Å²) in [5, 5.41) is 11.3. The van der Waals surface area contributed by atoms with Crippen LogP contribution in [0.2, 0.25) is 0 Å². The van der Waals surface area contributed by atoms with Crippen molar-refractivity contribution >= 4 is 87.1 Å². The van der Waals surface area contributed by atoms with Gasteiger partial charge in [0.05, 0.1) is 27.8 Å². The fourth-order valence-electron chi connectivity index (χ4n) is 12.0. The van der Waals surface area contributed by atoms with Crippen molar-refractivity contribution in [3.05, 3.63) is 261 Å². The molecule has 0 unspecified atom stereocenters. The molecule has 0 spiro atoms. The Bertz CT molecular complexity index is 5020. The van der Waals surface area contributed by atoms with Gasteiger partial charge in [0.25, 0.3) is 0 Å². The molecule has 0 saturated carbocycles. The van der Waals surface area contributed by atoms with Crippen molar-refractivity contribution in [2.75, 3.05) is 0 Å². The predicted octanol–water partition coefficient (Wildman–Crippen LogP) is 18.6. The maximum Gasteiger partial charge on any atom is 0.164 e. The summed E-state index contributed by atoms with van der Waals surface area (Å²) in [6, 6.07) is 92.8. The van der Waals surface area contributed by atoms with E-state index in [1.165, 1.54) is 32.3 Å². The molecule has 77 heavy (non-hydrogen) atoms. The predicted molar refractivity (Wildman–Crippen MR) is 318 cm³/mol. The van der Waals surface area contributed by atoms with Gasteiger partial charge in [-0.25, -0.2) is 15.0 Å². The van der Waals surface area contributed by atoms with Gasteiger partial charge in [-0.2, -0.15) is 0 Å². The summed E-state index contributed by atoms with van der Waals surface area (Å²) < 4.78 is 11.9. The van der Waals surface area contributed by atoms with Crippen LogP contribution in [0.15, 0.2) is 265 Å². The molecule has 0 bridgehead atoms. The highest BCUT2D eigenvalue weighted by atomic mass is 16.3. The molecule has 358 valence electrons. The minimum absolute atomic E-state index is 0.556. The first-order chi connectivity index (χ1) is 38.2. The van der Waals surface area contributed by atoms with E-state index in [9.17, 15) is 0 Å². The Kier molecular flexibility index (Phi) is 9.53. The molecule has 0 fully saturated rings. The maximum absolute atomic E-state index is 7.07. The first-order valence-corrected chi connectivity index (χ1v) is 26.1. The van der Waals surface area contributed by atoms with Crippen LogP contribution in [0.3, 0.4) is 0 Å². The molecule has 16 rings (SSSR count). The number of aromatic nitrogens is 5. The average Bonchev–Trinajstić information content (AvgIpc) is 4.31. The average molecular weight is 982 g/mol. The monoisotopic (exact) mass is 981 g/mol. The maximum atomic E-state index is 7.07. The fraction of sp³-hybridized carbons (Fsp3) is 0. The highest BCUT2D eigenvalue weighted by molar-refractivity contribution is 6.22. The number of nitrogens with zero attached hydrogens (tertiary/aromatic N) is 5. The summed E-state index contributed by atoms with van der Waals surface area (Å²) in [5.74, 6) is 1.72. The molecule has 0 radical (unpaired) electrons. The van der Waals surface area contributed by atoms with Crippen LogP contribution in [0.5, 0.6) is 0 Å². The van der Waals surface area contributed by atoms with Gasteiger partial charge in [-0.3, -0.25) is 0 Å². The Morgan fingerprint density at radius 2 is 0.870 bits per heavy atom. The first kappa shape index (κ1) is 43.0. The van der Waals surface area contributed by atoms with Crippen LogP contribution in [0.1, 0.15) is 0 Å². The summed E-state index contributed by atoms with van der Waals surface area (Å²) in [5.41, 5.74) is 15.2. The van der Waals surface area contributed by atoms with Gasteiger partial charge >= 0.3 is 0 Å². The van der Waals surface area contributed by atoms with Crippen molar-refractivity contribution in [1.29, 1.82) is 0 Å². The smallest absolute Gasteiger partial charge is 0.164 e. The molecule has 0 amide bonds.